The lowest BCUT2D eigenvalue weighted by atomic mass is 10.4. The number of rotatable bonds is 3. The molecule has 0 saturated carbocycles. The van der Waals surface area contributed by atoms with E-state index in [-0.39, 0.29) is 11.6 Å². The lowest BCUT2D eigenvalue weighted by molar-refractivity contribution is -0.386. The van der Waals surface area contributed by atoms with Gasteiger partial charge in [-0.3, -0.25) is 10.1 Å². The summed E-state index contributed by atoms with van der Waals surface area (Å²) < 4.78 is 16.4. The lowest BCUT2D eigenvalue weighted by Crippen LogP contribution is -1.99. The van der Waals surface area contributed by atoms with E-state index in [1.807, 2.05) is 0 Å². The number of nitro groups is 1. The summed E-state index contributed by atoms with van der Waals surface area (Å²) in [6.07, 6.45) is 0. The molecule has 0 saturated heterocycles. The highest BCUT2D eigenvalue weighted by Crippen LogP contribution is 2.26. The number of nitrogens with zero attached hydrogens (tertiary/aromatic N) is 2. The van der Waals surface area contributed by atoms with Gasteiger partial charge in [-0.15, -0.1) is 0 Å². The van der Waals surface area contributed by atoms with Crippen molar-refractivity contribution in [2.45, 2.75) is 0 Å². The highest BCUT2D eigenvalue weighted by atomic mass is 79.9. The lowest BCUT2D eigenvalue weighted by Gasteiger charge is -2.00. The number of hydrogen-bond acceptors (Lipinski definition) is 4. The molecule has 5 nitrogen and oxygen atoms in total. The first-order valence-electron chi connectivity index (χ1n) is 3.15. The van der Waals surface area contributed by atoms with Crippen molar-refractivity contribution < 1.29 is 14.1 Å². The van der Waals surface area contributed by atoms with Crippen LogP contribution in [0.2, 0.25) is 0 Å². The van der Waals surface area contributed by atoms with Gasteiger partial charge in [0.05, 0.1) is 4.92 Å². The smallest absolute Gasteiger partial charge is 0.331 e. The van der Waals surface area contributed by atoms with Gasteiger partial charge in [-0.25, -0.2) is 9.37 Å². The molecule has 0 unspecified atom stereocenters. The molecule has 0 spiro atoms. The molecule has 1 aromatic rings. The molecule has 0 fully saturated rings. The molecule has 0 aliphatic heterocycles. The van der Waals surface area contributed by atoms with E-state index in [0.717, 1.165) is 0 Å². The minimum atomic E-state index is -1.15. The van der Waals surface area contributed by atoms with E-state index in [4.69, 9.17) is 0 Å². The number of alkyl halides is 1. The fourth-order valence-electron chi connectivity index (χ4n) is 0.707. The third kappa shape index (κ3) is 2.35. The summed E-state index contributed by atoms with van der Waals surface area (Å²) in [6.45, 7) is -1.15. The Hall–Kier alpha value is -1.24. The summed E-state index contributed by atoms with van der Waals surface area (Å²) in [5.41, 5.74) is -0.360. The zero-order valence-corrected chi connectivity index (χ0v) is 7.82. The quantitative estimate of drug-likeness (QED) is 0.468. The highest BCUT2D eigenvalue weighted by molar-refractivity contribution is 9.10. The fraction of sp³-hybridized carbons (Fsp3) is 0.167. The molecular weight excluding hydrogens is 247 g/mol. The van der Waals surface area contributed by atoms with Crippen LogP contribution in [0.3, 0.4) is 0 Å². The largest absolute Gasteiger partial charge is 0.441 e. The molecule has 0 aliphatic carbocycles. The molecule has 70 valence electrons. The van der Waals surface area contributed by atoms with Crippen LogP contribution in [-0.2, 0) is 0 Å². The molecule has 0 atom stereocenters. The molecule has 0 bridgehead atoms. The third-order valence-corrected chi connectivity index (χ3v) is 1.64. The zero-order chi connectivity index (χ0) is 9.84. The van der Waals surface area contributed by atoms with Gasteiger partial charge < -0.3 is 4.74 Å². The van der Waals surface area contributed by atoms with Crippen LogP contribution >= 0.6 is 15.9 Å². The van der Waals surface area contributed by atoms with E-state index in [1.54, 1.807) is 0 Å². The molecule has 0 amide bonds. The van der Waals surface area contributed by atoms with Crippen LogP contribution in [-0.4, -0.2) is 16.8 Å². The summed E-state index contributed by atoms with van der Waals surface area (Å²) in [5.74, 6) is -0.332. The fourth-order valence-corrected chi connectivity index (χ4v) is 1.00. The number of aromatic nitrogens is 1. The average molecular weight is 251 g/mol. The van der Waals surface area contributed by atoms with E-state index in [1.165, 1.54) is 12.1 Å². The maximum Gasteiger partial charge on any atom is 0.331 e. The predicted molar refractivity (Wildman–Crippen MR) is 45.2 cm³/mol. The Morgan fingerprint density at radius 1 is 1.69 bits per heavy atom. The topological polar surface area (TPSA) is 65.3 Å². The van der Waals surface area contributed by atoms with Gasteiger partial charge in [0.2, 0.25) is 6.86 Å². The van der Waals surface area contributed by atoms with E-state index in [9.17, 15) is 14.5 Å². The SMILES string of the molecule is O=[N+]([O-])c1ccc(Br)nc1OCF. The number of halogens is 2. The Bertz CT molecular complexity index is 334. The number of hydrogen-bond donors (Lipinski definition) is 0. The Balaban J connectivity index is 3.10. The first-order valence-corrected chi connectivity index (χ1v) is 3.94. The molecule has 1 rings (SSSR count). The number of ether oxygens (including phenoxy) is 1. The monoisotopic (exact) mass is 250 g/mol. The second-order valence-electron chi connectivity index (χ2n) is 1.97. The van der Waals surface area contributed by atoms with E-state index >= 15 is 0 Å². The Labute approximate surface area is 80.8 Å². The molecule has 0 N–H and O–H groups in total. The minimum Gasteiger partial charge on any atom is -0.441 e. The normalized spacial score (nSPS) is 9.69. The average Bonchev–Trinajstić information content (AvgIpc) is 2.04. The van der Waals surface area contributed by atoms with Gasteiger partial charge >= 0.3 is 5.69 Å². The van der Waals surface area contributed by atoms with Crippen LogP contribution in [0.5, 0.6) is 5.88 Å². The molecule has 13 heavy (non-hydrogen) atoms. The Morgan fingerprint density at radius 2 is 2.38 bits per heavy atom. The van der Waals surface area contributed by atoms with Crippen LogP contribution in [0, 0.1) is 10.1 Å². The van der Waals surface area contributed by atoms with Crippen molar-refractivity contribution in [3.05, 3.63) is 26.9 Å². The van der Waals surface area contributed by atoms with Gasteiger partial charge in [-0.2, -0.15) is 0 Å². The van der Waals surface area contributed by atoms with E-state index < -0.39 is 11.8 Å². The van der Waals surface area contributed by atoms with Crippen LogP contribution in [0.15, 0.2) is 16.7 Å². The van der Waals surface area contributed by atoms with E-state index in [0.29, 0.717) is 4.60 Å². The van der Waals surface area contributed by atoms with Crippen molar-refractivity contribution in [2.24, 2.45) is 0 Å². The minimum absolute atomic E-state index is 0.332. The molecule has 0 aromatic carbocycles. The van der Waals surface area contributed by atoms with Gasteiger partial charge in [0.25, 0.3) is 5.88 Å². The third-order valence-electron chi connectivity index (χ3n) is 1.19. The summed E-state index contributed by atoms with van der Waals surface area (Å²) in [4.78, 5) is 13.3. The molecule has 1 aromatic heterocycles. The zero-order valence-electron chi connectivity index (χ0n) is 6.24. The second kappa shape index (κ2) is 4.13. The molecule has 7 heteroatoms. The molecule has 1 heterocycles. The van der Waals surface area contributed by atoms with Crippen molar-refractivity contribution >= 4 is 21.6 Å². The van der Waals surface area contributed by atoms with E-state index in [2.05, 4.69) is 25.7 Å². The van der Waals surface area contributed by atoms with Gasteiger partial charge in [-0.05, 0) is 22.0 Å². The summed E-state index contributed by atoms with van der Waals surface area (Å²) in [6, 6.07) is 2.56. The molecular formula is C6H4BrFN2O3. The van der Waals surface area contributed by atoms with Crippen LogP contribution in [0.25, 0.3) is 0 Å². The van der Waals surface area contributed by atoms with Crippen molar-refractivity contribution in [3.63, 3.8) is 0 Å². The van der Waals surface area contributed by atoms with Gasteiger partial charge in [-0.1, -0.05) is 0 Å². The van der Waals surface area contributed by atoms with Gasteiger partial charge in [0.1, 0.15) is 4.60 Å². The molecule has 0 radical (unpaired) electrons. The van der Waals surface area contributed by atoms with Crippen LogP contribution < -0.4 is 4.74 Å². The summed E-state index contributed by atoms with van der Waals surface area (Å²) in [5, 5.41) is 10.4. The Kier molecular flexibility index (Phi) is 3.13. The highest BCUT2D eigenvalue weighted by Gasteiger charge is 2.16. The van der Waals surface area contributed by atoms with Crippen molar-refractivity contribution in [2.75, 3.05) is 6.86 Å². The maximum atomic E-state index is 11.8. The standard InChI is InChI=1S/C6H4BrFN2O3/c7-5-2-1-4(10(11)12)6(9-5)13-3-8/h1-2H,3H2. The number of pyridine rings is 1. The molecule has 0 aliphatic rings. The van der Waals surface area contributed by atoms with Crippen LogP contribution in [0.1, 0.15) is 0 Å². The summed E-state index contributed by atoms with van der Waals surface area (Å²) >= 11 is 2.98. The van der Waals surface area contributed by atoms with Crippen molar-refractivity contribution in [3.8, 4) is 5.88 Å². The Morgan fingerprint density at radius 3 is 2.92 bits per heavy atom. The maximum absolute atomic E-state index is 11.8. The van der Waals surface area contributed by atoms with Crippen molar-refractivity contribution in [1.29, 1.82) is 0 Å². The van der Waals surface area contributed by atoms with Gasteiger partial charge in [0, 0.05) is 6.07 Å². The second-order valence-corrected chi connectivity index (χ2v) is 2.78. The van der Waals surface area contributed by atoms with Crippen LogP contribution in [0.4, 0.5) is 10.1 Å². The van der Waals surface area contributed by atoms with Crippen molar-refractivity contribution in [1.82, 2.24) is 4.98 Å². The summed E-state index contributed by atoms with van der Waals surface area (Å²) in [7, 11) is 0. The van der Waals surface area contributed by atoms with Gasteiger partial charge in [0.15, 0.2) is 0 Å². The predicted octanol–water partition coefficient (Wildman–Crippen LogP) is 2.06. The first-order chi connectivity index (χ1) is 6.15. The first kappa shape index (κ1) is 9.85.